The molecule has 0 fully saturated rings. The number of carboxylic acid groups (broad SMARTS) is 2. The molecule has 0 unspecified atom stereocenters. The van der Waals surface area contributed by atoms with Gasteiger partial charge >= 0.3 is 11.9 Å². The standard InChI is InChI=1S/C16H27N3O3S.C2H2O4/c1-4-5-6-7-12-17-13-16(20)18-14-8-10-15(11-9-14)23(21,22)19(2)3;3-1(4)2(5)6/h8-11,17H,4-7,12-13H2,1-3H3,(H,18,20);(H,3,4)(H,5,6). The average Bonchev–Trinajstić information content (AvgIpc) is 2.65. The Morgan fingerprint density at radius 3 is 1.97 bits per heavy atom. The molecule has 164 valence electrons. The van der Waals surface area contributed by atoms with Crippen molar-refractivity contribution in [3.8, 4) is 0 Å². The maximum atomic E-state index is 11.9. The molecule has 0 atom stereocenters. The Morgan fingerprint density at radius 2 is 1.52 bits per heavy atom. The number of hydrogen-bond acceptors (Lipinski definition) is 6. The van der Waals surface area contributed by atoms with Crippen molar-refractivity contribution in [1.29, 1.82) is 0 Å². The maximum absolute atomic E-state index is 11.9. The number of unbranched alkanes of at least 4 members (excludes halogenated alkanes) is 3. The predicted octanol–water partition coefficient (Wildman–Crippen LogP) is 1.20. The van der Waals surface area contributed by atoms with E-state index < -0.39 is 22.0 Å². The molecular formula is C18H29N3O7S. The third-order valence-electron chi connectivity index (χ3n) is 3.59. The van der Waals surface area contributed by atoms with Crippen molar-refractivity contribution in [3.05, 3.63) is 24.3 Å². The molecule has 0 aliphatic rings. The molecule has 0 saturated carbocycles. The Bertz CT molecular complexity index is 750. The largest absolute Gasteiger partial charge is 0.473 e. The van der Waals surface area contributed by atoms with Crippen LogP contribution in [0.15, 0.2) is 29.2 Å². The van der Waals surface area contributed by atoms with E-state index in [0.29, 0.717) is 5.69 Å². The van der Waals surface area contributed by atoms with Crippen LogP contribution < -0.4 is 10.6 Å². The zero-order valence-corrected chi connectivity index (χ0v) is 17.7. The minimum atomic E-state index is -3.44. The summed E-state index contributed by atoms with van der Waals surface area (Å²) in [7, 11) is -0.473. The summed E-state index contributed by atoms with van der Waals surface area (Å²) in [6.07, 6.45) is 4.65. The molecule has 1 rings (SSSR count). The second kappa shape index (κ2) is 13.6. The van der Waals surface area contributed by atoms with E-state index in [1.807, 2.05) is 0 Å². The van der Waals surface area contributed by atoms with Crippen LogP contribution in [0.25, 0.3) is 0 Å². The van der Waals surface area contributed by atoms with E-state index >= 15 is 0 Å². The number of carbonyl (C=O) groups excluding carboxylic acids is 1. The van der Waals surface area contributed by atoms with Crippen molar-refractivity contribution in [1.82, 2.24) is 9.62 Å². The highest BCUT2D eigenvalue weighted by Crippen LogP contribution is 2.16. The number of amides is 1. The summed E-state index contributed by atoms with van der Waals surface area (Å²) < 4.78 is 25.0. The van der Waals surface area contributed by atoms with Gasteiger partial charge in [-0.1, -0.05) is 26.2 Å². The lowest BCUT2D eigenvalue weighted by Gasteiger charge is -2.12. The van der Waals surface area contributed by atoms with Crippen LogP contribution in [0, 0.1) is 0 Å². The number of sulfonamides is 1. The van der Waals surface area contributed by atoms with Crippen LogP contribution >= 0.6 is 0 Å². The van der Waals surface area contributed by atoms with Gasteiger partial charge in [-0.2, -0.15) is 0 Å². The van der Waals surface area contributed by atoms with Gasteiger partial charge in [-0.15, -0.1) is 0 Å². The van der Waals surface area contributed by atoms with Crippen molar-refractivity contribution in [3.63, 3.8) is 0 Å². The van der Waals surface area contributed by atoms with Gasteiger partial charge in [0.25, 0.3) is 0 Å². The summed E-state index contributed by atoms with van der Waals surface area (Å²) in [5.41, 5.74) is 0.584. The second-order valence-corrected chi connectivity index (χ2v) is 8.36. The number of anilines is 1. The highest BCUT2D eigenvalue weighted by atomic mass is 32.2. The number of aliphatic carboxylic acids is 2. The molecule has 0 saturated heterocycles. The summed E-state index contributed by atoms with van der Waals surface area (Å²) in [4.78, 5) is 30.2. The van der Waals surface area contributed by atoms with E-state index in [4.69, 9.17) is 19.8 Å². The molecule has 4 N–H and O–H groups in total. The summed E-state index contributed by atoms with van der Waals surface area (Å²) in [5.74, 6) is -3.78. The van der Waals surface area contributed by atoms with Crippen molar-refractivity contribution in [2.24, 2.45) is 0 Å². The first-order valence-corrected chi connectivity index (χ1v) is 10.5. The first kappa shape index (κ1) is 26.5. The Hall–Kier alpha value is -2.50. The summed E-state index contributed by atoms with van der Waals surface area (Å²) in [6, 6.07) is 6.16. The van der Waals surface area contributed by atoms with Gasteiger partial charge in [0.2, 0.25) is 15.9 Å². The zero-order valence-electron chi connectivity index (χ0n) is 16.8. The van der Waals surface area contributed by atoms with Crippen molar-refractivity contribution in [2.45, 2.75) is 37.5 Å². The molecule has 0 bridgehead atoms. The number of carbonyl (C=O) groups is 3. The first-order chi connectivity index (χ1) is 13.5. The van der Waals surface area contributed by atoms with E-state index in [1.54, 1.807) is 12.1 Å². The van der Waals surface area contributed by atoms with Crippen molar-refractivity contribution >= 4 is 33.6 Å². The highest BCUT2D eigenvalue weighted by molar-refractivity contribution is 7.89. The van der Waals surface area contributed by atoms with Crippen LogP contribution in [0.2, 0.25) is 0 Å². The van der Waals surface area contributed by atoms with Crippen LogP contribution in [-0.2, 0) is 24.4 Å². The van der Waals surface area contributed by atoms with Gasteiger partial charge in [-0.05, 0) is 37.2 Å². The van der Waals surface area contributed by atoms with Crippen molar-refractivity contribution in [2.75, 3.05) is 32.5 Å². The number of benzene rings is 1. The van der Waals surface area contributed by atoms with Crippen LogP contribution in [0.4, 0.5) is 5.69 Å². The third kappa shape index (κ3) is 11.2. The lowest BCUT2D eigenvalue weighted by atomic mass is 10.2. The number of nitrogens with one attached hydrogen (secondary N) is 2. The van der Waals surface area contributed by atoms with E-state index in [0.717, 1.165) is 17.3 Å². The highest BCUT2D eigenvalue weighted by Gasteiger charge is 2.16. The van der Waals surface area contributed by atoms with Crippen LogP contribution in [0.1, 0.15) is 32.6 Å². The monoisotopic (exact) mass is 431 g/mol. The fourth-order valence-electron chi connectivity index (χ4n) is 2.00. The minimum Gasteiger partial charge on any atom is -0.473 e. The van der Waals surface area contributed by atoms with Gasteiger partial charge in [0.05, 0.1) is 11.4 Å². The van der Waals surface area contributed by atoms with E-state index in [2.05, 4.69) is 17.6 Å². The quantitative estimate of drug-likeness (QED) is 0.318. The molecule has 0 aliphatic heterocycles. The van der Waals surface area contributed by atoms with E-state index in [-0.39, 0.29) is 17.3 Å². The Balaban J connectivity index is 0.00000113. The lowest BCUT2D eigenvalue weighted by molar-refractivity contribution is -0.159. The molecule has 1 aromatic rings. The molecular weight excluding hydrogens is 402 g/mol. The van der Waals surface area contributed by atoms with Crippen LogP contribution in [0.5, 0.6) is 0 Å². The van der Waals surface area contributed by atoms with Crippen LogP contribution in [-0.4, -0.2) is 68.0 Å². The first-order valence-electron chi connectivity index (χ1n) is 9.01. The Kier molecular flexibility index (Phi) is 12.5. The number of rotatable bonds is 10. The average molecular weight is 432 g/mol. The van der Waals surface area contributed by atoms with Gasteiger partial charge in [0.1, 0.15) is 0 Å². The third-order valence-corrected chi connectivity index (χ3v) is 5.42. The number of carboxylic acids is 2. The van der Waals surface area contributed by atoms with E-state index in [9.17, 15) is 13.2 Å². The minimum absolute atomic E-state index is 0.135. The van der Waals surface area contributed by atoms with Gasteiger partial charge < -0.3 is 20.8 Å². The molecule has 0 aromatic heterocycles. The molecule has 0 radical (unpaired) electrons. The summed E-state index contributed by atoms with van der Waals surface area (Å²) in [6.45, 7) is 3.24. The molecule has 0 aliphatic carbocycles. The molecule has 29 heavy (non-hydrogen) atoms. The number of hydrogen-bond donors (Lipinski definition) is 4. The fraction of sp³-hybridized carbons (Fsp3) is 0.500. The van der Waals surface area contributed by atoms with Gasteiger partial charge in [-0.25, -0.2) is 22.3 Å². The second-order valence-electron chi connectivity index (χ2n) is 6.21. The summed E-state index contributed by atoms with van der Waals surface area (Å²) in [5, 5.41) is 20.6. The Morgan fingerprint density at radius 1 is 0.966 bits per heavy atom. The number of nitrogens with zero attached hydrogens (tertiary/aromatic N) is 1. The van der Waals surface area contributed by atoms with Gasteiger partial charge in [0, 0.05) is 19.8 Å². The van der Waals surface area contributed by atoms with Gasteiger partial charge in [-0.3, -0.25) is 4.79 Å². The van der Waals surface area contributed by atoms with Crippen LogP contribution in [0.3, 0.4) is 0 Å². The fourth-order valence-corrected chi connectivity index (χ4v) is 2.91. The molecule has 10 nitrogen and oxygen atoms in total. The Labute approximate surface area is 171 Å². The maximum Gasteiger partial charge on any atom is 0.414 e. The smallest absolute Gasteiger partial charge is 0.414 e. The predicted molar refractivity (Wildman–Crippen MR) is 108 cm³/mol. The molecule has 1 aromatic carbocycles. The summed E-state index contributed by atoms with van der Waals surface area (Å²) >= 11 is 0. The van der Waals surface area contributed by atoms with Gasteiger partial charge in [0.15, 0.2) is 0 Å². The van der Waals surface area contributed by atoms with E-state index in [1.165, 1.54) is 45.5 Å². The molecule has 0 heterocycles. The SMILES string of the molecule is CCCCCCNCC(=O)Nc1ccc(S(=O)(=O)N(C)C)cc1.O=C(O)C(=O)O. The van der Waals surface area contributed by atoms with Crippen molar-refractivity contribution < 1.29 is 33.0 Å². The zero-order chi connectivity index (χ0) is 22.4. The molecule has 11 heteroatoms. The molecule has 1 amide bonds. The molecule has 0 spiro atoms. The topological polar surface area (TPSA) is 153 Å². The lowest BCUT2D eigenvalue weighted by Crippen LogP contribution is -2.28. The normalized spacial score (nSPS) is 10.8.